The number of likely N-dealkylation sites (tertiary alicyclic amines) is 1. The summed E-state index contributed by atoms with van der Waals surface area (Å²) in [5.74, 6) is 2.00. The summed E-state index contributed by atoms with van der Waals surface area (Å²) in [6, 6.07) is 11.3. The maximum atomic E-state index is 12.9. The zero-order valence-corrected chi connectivity index (χ0v) is 15.8. The number of hydrogen-bond donors (Lipinski definition) is 0. The van der Waals surface area contributed by atoms with Crippen molar-refractivity contribution in [3.05, 3.63) is 48.2 Å². The van der Waals surface area contributed by atoms with Crippen molar-refractivity contribution < 1.29 is 14.3 Å². The number of nitrogens with zero attached hydrogens (tertiary/aromatic N) is 6. The second-order valence-electron chi connectivity index (χ2n) is 7.13. The number of benzene rings is 1. The lowest BCUT2D eigenvalue weighted by Crippen LogP contribution is -2.39. The molecule has 1 saturated heterocycles. The third kappa shape index (κ3) is 3.63. The summed E-state index contributed by atoms with van der Waals surface area (Å²) in [5.41, 5.74) is 1.60. The van der Waals surface area contributed by atoms with Crippen molar-refractivity contribution in [1.82, 2.24) is 30.1 Å². The molecule has 1 aromatic carbocycles. The molecule has 0 unspecified atom stereocenters. The Morgan fingerprint density at radius 1 is 1.17 bits per heavy atom. The Kier molecular flexibility index (Phi) is 4.55. The van der Waals surface area contributed by atoms with E-state index in [2.05, 4.69) is 20.4 Å². The number of hydrogen-bond acceptors (Lipinski definition) is 7. The highest BCUT2D eigenvalue weighted by molar-refractivity contribution is 5.79. The number of carbonyl (C=O) groups excluding carboxylic acids is 1. The molecule has 0 radical (unpaired) electrons. The summed E-state index contributed by atoms with van der Waals surface area (Å²) in [6.07, 6.45) is 3.92. The molecule has 0 saturated carbocycles. The van der Waals surface area contributed by atoms with Crippen LogP contribution in [0.25, 0.3) is 11.5 Å². The van der Waals surface area contributed by atoms with Gasteiger partial charge in [0, 0.05) is 12.7 Å². The average Bonchev–Trinajstić information content (AvgIpc) is 3.49. The minimum atomic E-state index is 0.0577. The summed E-state index contributed by atoms with van der Waals surface area (Å²) in [5, 5.41) is 12.7. The van der Waals surface area contributed by atoms with Crippen LogP contribution in [0.3, 0.4) is 0 Å². The van der Waals surface area contributed by atoms with Crippen molar-refractivity contribution in [2.75, 3.05) is 13.3 Å². The molecule has 9 nitrogen and oxygen atoms in total. The van der Waals surface area contributed by atoms with E-state index in [-0.39, 0.29) is 18.7 Å². The van der Waals surface area contributed by atoms with Gasteiger partial charge in [0.25, 0.3) is 0 Å². The lowest BCUT2D eigenvalue weighted by atomic mass is 10.1. The number of carbonyl (C=O) groups is 1. The van der Waals surface area contributed by atoms with Crippen LogP contribution in [-0.4, -0.2) is 55.4 Å². The fourth-order valence-electron chi connectivity index (χ4n) is 3.79. The fraction of sp³-hybridized carbons (Fsp3) is 0.350. The first-order valence-corrected chi connectivity index (χ1v) is 9.63. The third-order valence-electron chi connectivity index (χ3n) is 5.21. The van der Waals surface area contributed by atoms with Gasteiger partial charge in [-0.3, -0.25) is 9.78 Å². The van der Waals surface area contributed by atoms with Gasteiger partial charge in [-0.25, -0.2) is 0 Å². The molecular formula is C20H20N6O3. The highest BCUT2D eigenvalue weighted by Gasteiger charge is 2.30. The number of amides is 1. The van der Waals surface area contributed by atoms with Crippen molar-refractivity contribution in [3.8, 4) is 23.0 Å². The molecule has 3 aromatic rings. The van der Waals surface area contributed by atoms with Crippen LogP contribution in [-0.2, 0) is 17.8 Å². The van der Waals surface area contributed by atoms with E-state index in [4.69, 9.17) is 9.47 Å². The molecule has 29 heavy (non-hydrogen) atoms. The van der Waals surface area contributed by atoms with Crippen LogP contribution >= 0.6 is 0 Å². The summed E-state index contributed by atoms with van der Waals surface area (Å²) >= 11 is 0. The summed E-state index contributed by atoms with van der Waals surface area (Å²) in [6.45, 7) is 1.49. The van der Waals surface area contributed by atoms with Gasteiger partial charge in [0.05, 0.1) is 19.0 Å². The van der Waals surface area contributed by atoms with Crippen LogP contribution in [0.4, 0.5) is 0 Å². The Balaban J connectivity index is 1.25. The van der Waals surface area contributed by atoms with Gasteiger partial charge in [-0.2, -0.15) is 4.80 Å². The average molecular weight is 392 g/mol. The first kappa shape index (κ1) is 17.6. The summed E-state index contributed by atoms with van der Waals surface area (Å²) < 4.78 is 10.7. The van der Waals surface area contributed by atoms with Gasteiger partial charge in [-0.1, -0.05) is 12.1 Å². The number of fused-ring (bicyclic) bond motifs is 1. The normalized spacial score (nSPS) is 17.7. The molecule has 1 amide bonds. The molecule has 0 spiro atoms. The molecule has 1 fully saturated rings. The largest absolute Gasteiger partial charge is 0.454 e. The quantitative estimate of drug-likeness (QED) is 0.652. The van der Waals surface area contributed by atoms with E-state index < -0.39 is 0 Å². The topological polar surface area (TPSA) is 95.3 Å². The maximum absolute atomic E-state index is 12.9. The van der Waals surface area contributed by atoms with E-state index in [0.29, 0.717) is 30.2 Å². The van der Waals surface area contributed by atoms with Gasteiger partial charge in [-0.15, -0.1) is 10.2 Å². The molecule has 0 N–H and O–H groups in total. The van der Waals surface area contributed by atoms with Crippen molar-refractivity contribution >= 4 is 5.91 Å². The van der Waals surface area contributed by atoms with Crippen molar-refractivity contribution in [2.45, 2.75) is 31.8 Å². The number of ether oxygens (including phenoxy) is 2. The molecule has 2 aliphatic rings. The van der Waals surface area contributed by atoms with Crippen LogP contribution in [0, 0.1) is 0 Å². The highest BCUT2D eigenvalue weighted by Crippen LogP contribution is 2.33. The third-order valence-corrected chi connectivity index (χ3v) is 5.21. The van der Waals surface area contributed by atoms with Crippen molar-refractivity contribution in [2.24, 2.45) is 0 Å². The minimum Gasteiger partial charge on any atom is -0.454 e. The maximum Gasteiger partial charge on any atom is 0.231 e. The van der Waals surface area contributed by atoms with E-state index in [9.17, 15) is 4.79 Å². The van der Waals surface area contributed by atoms with Crippen LogP contribution < -0.4 is 9.47 Å². The number of tetrazole rings is 1. The van der Waals surface area contributed by atoms with Gasteiger partial charge in [0.2, 0.25) is 18.5 Å². The van der Waals surface area contributed by atoms with Crippen molar-refractivity contribution in [3.63, 3.8) is 0 Å². The van der Waals surface area contributed by atoms with Crippen LogP contribution in [0.5, 0.6) is 11.5 Å². The SMILES string of the molecule is O=C(Cc1ccc2c(c1)OCO2)N1CCC[C@H]1Cn1nnc(-c2ccccn2)n1. The highest BCUT2D eigenvalue weighted by atomic mass is 16.7. The minimum absolute atomic E-state index is 0.0577. The molecule has 4 heterocycles. The second kappa shape index (κ2) is 7.50. The molecule has 1 atom stereocenters. The van der Waals surface area contributed by atoms with Crippen LogP contribution in [0.1, 0.15) is 18.4 Å². The molecule has 2 aromatic heterocycles. The molecule has 5 rings (SSSR count). The van der Waals surface area contributed by atoms with Gasteiger partial charge in [-0.05, 0) is 47.9 Å². The van der Waals surface area contributed by atoms with E-state index in [1.807, 2.05) is 41.3 Å². The monoisotopic (exact) mass is 392 g/mol. The molecule has 0 aliphatic carbocycles. The number of rotatable bonds is 5. The first-order chi connectivity index (χ1) is 14.3. The first-order valence-electron chi connectivity index (χ1n) is 9.63. The van der Waals surface area contributed by atoms with Gasteiger partial charge >= 0.3 is 0 Å². The number of pyridine rings is 1. The zero-order chi connectivity index (χ0) is 19.6. The predicted molar refractivity (Wildman–Crippen MR) is 102 cm³/mol. The molecule has 9 heteroatoms. The molecule has 2 aliphatic heterocycles. The van der Waals surface area contributed by atoms with E-state index in [1.165, 1.54) is 0 Å². The van der Waals surface area contributed by atoms with Crippen LogP contribution in [0.2, 0.25) is 0 Å². The predicted octanol–water partition coefficient (Wildman–Crippen LogP) is 1.70. The lowest BCUT2D eigenvalue weighted by Gasteiger charge is -2.24. The lowest BCUT2D eigenvalue weighted by molar-refractivity contribution is -0.131. The second-order valence-corrected chi connectivity index (χ2v) is 7.13. The molecule has 148 valence electrons. The Morgan fingerprint density at radius 2 is 2.10 bits per heavy atom. The standard InChI is InChI=1S/C20H20N6O3/c27-19(11-14-6-7-17-18(10-14)29-13-28-17)25-9-3-4-15(25)12-26-23-20(22-24-26)16-5-1-2-8-21-16/h1-2,5-8,10,15H,3-4,9,11-13H2/t15-/m0/s1. The van der Waals surface area contributed by atoms with Gasteiger partial charge < -0.3 is 14.4 Å². The Morgan fingerprint density at radius 3 is 3.00 bits per heavy atom. The fourth-order valence-corrected chi connectivity index (χ4v) is 3.79. The van der Waals surface area contributed by atoms with Crippen LogP contribution in [0.15, 0.2) is 42.6 Å². The smallest absolute Gasteiger partial charge is 0.231 e. The zero-order valence-electron chi connectivity index (χ0n) is 15.8. The van der Waals surface area contributed by atoms with Crippen molar-refractivity contribution in [1.29, 1.82) is 0 Å². The Labute approximate surface area is 167 Å². The van der Waals surface area contributed by atoms with E-state index in [0.717, 1.165) is 30.7 Å². The van der Waals surface area contributed by atoms with E-state index >= 15 is 0 Å². The Hall–Kier alpha value is -3.49. The van der Waals surface area contributed by atoms with E-state index in [1.54, 1.807) is 11.0 Å². The summed E-state index contributed by atoms with van der Waals surface area (Å²) in [4.78, 5) is 20.6. The Bertz CT molecular complexity index is 1020. The van der Waals surface area contributed by atoms with Gasteiger partial charge in [0.1, 0.15) is 5.69 Å². The number of aromatic nitrogens is 5. The summed E-state index contributed by atoms with van der Waals surface area (Å²) in [7, 11) is 0. The molecule has 0 bridgehead atoms. The van der Waals surface area contributed by atoms with Gasteiger partial charge in [0.15, 0.2) is 11.5 Å². The molecular weight excluding hydrogens is 372 g/mol.